The van der Waals surface area contributed by atoms with Gasteiger partial charge in [-0.05, 0) is 18.9 Å². The number of aromatic nitrogens is 2. The Bertz CT molecular complexity index is 867. The van der Waals surface area contributed by atoms with Gasteiger partial charge in [0.2, 0.25) is 0 Å². The van der Waals surface area contributed by atoms with E-state index in [4.69, 9.17) is 4.42 Å². The molecule has 0 radical (unpaired) electrons. The molecular weight excluding hydrogens is 304 g/mol. The molecule has 0 spiro atoms. The van der Waals surface area contributed by atoms with Gasteiger partial charge in [-0.1, -0.05) is 18.2 Å². The van der Waals surface area contributed by atoms with Crippen molar-refractivity contribution in [2.45, 2.75) is 18.9 Å². The van der Waals surface area contributed by atoms with E-state index in [1.807, 2.05) is 43.7 Å². The van der Waals surface area contributed by atoms with E-state index < -0.39 is 0 Å². The van der Waals surface area contributed by atoms with Crippen molar-refractivity contribution in [2.24, 2.45) is 7.05 Å². The maximum Gasteiger partial charge on any atom is 0.255 e. The van der Waals surface area contributed by atoms with Gasteiger partial charge >= 0.3 is 0 Å². The van der Waals surface area contributed by atoms with E-state index in [0.29, 0.717) is 5.56 Å². The fraction of sp³-hybridized carbons (Fsp3) is 0.333. The number of anilines is 1. The largest absolute Gasteiger partial charge is 0.463 e. The summed E-state index contributed by atoms with van der Waals surface area (Å²) in [5.74, 6) is -0.0713. The quantitative estimate of drug-likeness (QED) is 0.804. The smallest absolute Gasteiger partial charge is 0.255 e. The topological polar surface area (TPSA) is 63.3 Å². The SMILES string of the molecule is Cn1cc(N2CCCC(NC(=O)c3coc4ccccc34)C2)cn1. The van der Waals surface area contributed by atoms with Crippen molar-refractivity contribution in [3.05, 3.63) is 48.5 Å². The predicted molar refractivity (Wildman–Crippen MR) is 92.1 cm³/mol. The lowest BCUT2D eigenvalue weighted by molar-refractivity contribution is 0.0934. The predicted octanol–water partition coefficient (Wildman–Crippen LogP) is 2.57. The minimum Gasteiger partial charge on any atom is -0.463 e. The molecule has 1 aliphatic heterocycles. The van der Waals surface area contributed by atoms with E-state index in [0.717, 1.165) is 42.6 Å². The molecular formula is C18H20N4O2. The summed E-state index contributed by atoms with van der Waals surface area (Å²) in [6, 6.07) is 7.73. The zero-order valence-corrected chi connectivity index (χ0v) is 13.6. The van der Waals surface area contributed by atoms with Crippen molar-refractivity contribution in [1.82, 2.24) is 15.1 Å². The van der Waals surface area contributed by atoms with Crippen LogP contribution in [-0.4, -0.2) is 34.8 Å². The second-order valence-corrected chi connectivity index (χ2v) is 6.28. The number of nitrogens with zero attached hydrogens (tertiary/aromatic N) is 3. The van der Waals surface area contributed by atoms with Crippen molar-refractivity contribution in [2.75, 3.05) is 18.0 Å². The number of amides is 1. The highest BCUT2D eigenvalue weighted by molar-refractivity contribution is 6.06. The Hall–Kier alpha value is -2.76. The third-order valence-electron chi connectivity index (χ3n) is 4.54. The number of piperidine rings is 1. The number of fused-ring (bicyclic) bond motifs is 1. The van der Waals surface area contributed by atoms with E-state index in [1.54, 1.807) is 10.9 Å². The zero-order chi connectivity index (χ0) is 16.5. The first kappa shape index (κ1) is 14.8. The Morgan fingerprint density at radius 3 is 3.08 bits per heavy atom. The summed E-state index contributed by atoms with van der Waals surface area (Å²) in [6.07, 6.45) is 7.45. The number of aryl methyl sites for hydroxylation is 1. The average molecular weight is 324 g/mol. The molecule has 1 atom stereocenters. The van der Waals surface area contributed by atoms with Crippen molar-refractivity contribution < 1.29 is 9.21 Å². The van der Waals surface area contributed by atoms with E-state index in [-0.39, 0.29) is 11.9 Å². The molecule has 1 saturated heterocycles. The van der Waals surface area contributed by atoms with Gasteiger partial charge in [-0.3, -0.25) is 9.48 Å². The normalized spacial score (nSPS) is 18.0. The molecule has 0 saturated carbocycles. The number of para-hydroxylation sites is 1. The first-order valence-electron chi connectivity index (χ1n) is 8.21. The van der Waals surface area contributed by atoms with Gasteiger partial charge in [0, 0.05) is 37.8 Å². The van der Waals surface area contributed by atoms with Crippen molar-refractivity contribution in [1.29, 1.82) is 0 Å². The third-order valence-corrected chi connectivity index (χ3v) is 4.54. The van der Waals surface area contributed by atoms with Gasteiger partial charge in [-0.25, -0.2) is 0 Å². The van der Waals surface area contributed by atoms with Gasteiger partial charge in [0.1, 0.15) is 11.8 Å². The molecule has 4 rings (SSSR count). The first-order valence-corrected chi connectivity index (χ1v) is 8.21. The highest BCUT2D eigenvalue weighted by Crippen LogP contribution is 2.22. The van der Waals surface area contributed by atoms with Crippen molar-refractivity contribution in [3.63, 3.8) is 0 Å². The van der Waals surface area contributed by atoms with Gasteiger partial charge in [-0.2, -0.15) is 5.10 Å². The molecule has 6 nitrogen and oxygen atoms in total. The van der Waals surface area contributed by atoms with Crippen LogP contribution in [0.3, 0.4) is 0 Å². The fourth-order valence-corrected chi connectivity index (χ4v) is 3.32. The lowest BCUT2D eigenvalue weighted by Gasteiger charge is -2.33. The number of benzene rings is 1. The van der Waals surface area contributed by atoms with Crippen LogP contribution in [-0.2, 0) is 7.05 Å². The Morgan fingerprint density at radius 1 is 1.38 bits per heavy atom. The molecule has 6 heteroatoms. The third kappa shape index (κ3) is 2.75. The second kappa shape index (κ2) is 6.03. The van der Waals surface area contributed by atoms with Crippen LogP contribution < -0.4 is 10.2 Å². The lowest BCUT2D eigenvalue weighted by atomic mass is 10.0. The number of carbonyl (C=O) groups is 1. The van der Waals surface area contributed by atoms with Crippen LogP contribution in [0.5, 0.6) is 0 Å². The van der Waals surface area contributed by atoms with Crippen LogP contribution >= 0.6 is 0 Å². The summed E-state index contributed by atoms with van der Waals surface area (Å²) in [4.78, 5) is 14.9. The van der Waals surface area contributed by atoms with E-state index in [9.17, 15) is 4.79 Å². The Labute approximate surface area is 140 Å². The van der Waals surface area contributed by atoms with Crippen LogP contribution in [0.2, 0.25) is 0 Å². The van der Waals surface area contributed by atoms with Gasteiger partial charge < -0.3 is 14.6 Å². The Morgan fingerprint density at radius 2 is 2.25 bits per heavy atom. The standard InChI is InChI=1S/C18H20N4O2/c1-21-11-14(9-19-21)22-8-4-5-13(10-22)20-18(23)16-12-24-17-7-3-2-6-15(16)17/h2-3,6-7,9,11-13H,4-5,8,10H2,1H3,(H,20,23). The minimum atomic E-state index is -0.0713. The summed E-state index contributed by atoms with van der Waals surface area (Å²) in [5.41, 5.74) is 2.44. The molecule has 1 aliphatic rings. The van der Waals surface area contributed by atoms with Crippen LogP contribution in [0.4, 0.5) is 5.69 Å². The second-order valence-electron chi connectivity index (χ2n) is 6.28. The van der Waals surface area contributed by atoms with E-state index >= 15 is 0 Å². The molecule has 0 aliphatic carbocycles. The number of hydrogen-bond donors (Lipinski definition) is 1. The summed E-state index contributed by atoms with van der Waals surface area (Å²) in [6.45, 7) is 1.79. The van der Waals surface area contributed by atoms with Crippen LogP contribution in [0.1, 0.15) is 23.2 Å². The first-order chi connectivity index (χ1) is 11.7. The molecule has 2 aromatic heterocycles. The monoisotopic (exact) mass is 324 g/mol. The molecule has 0 bridgehead atoms. The van der Waals surface area contributed by atoms with Gasteiger partial charge in [0.15, 0.2) is 0 Å². The van der Waals surface area contributed by atoms with E-state index in [2.05, 4.69) is 15.3 Å². The van der Waals surface area contributed by atoms with Gasteiger partial charge in [0.25, 0.3) is 5.91 Å². The van der Waals surface area contributed by atoms with Crippen LogP contribution in [0, 0.1) is 0 Å². The van der Waals surface area contributed by atoms with Crippen LogP contribution in [0.15, 0.2) is 47.3 Å². The maximum absolute atomic E-state index is 12.6. The summed E-state index contributed by atoms with van der Waals surface area (Å²) < 4.78 is 7.27. The molecule has 24 heavy (non-hydrogen) atoms. The zero-order valence-electron chi connectivity index (χ0n) is 13.6. The highest BCUT2D eigenvalue weighted by atomic mass is 16.3. The van der Waals surface area contributed by atoms with E-state index in [1.165, 1.54) is 0 Å². The summed E-state index contributed by atoms with van der Waals surface area (Å²) >= 11 is 0. The molecule has 3 aromatic rings. The Kier molecular flexibility index (Phi) is 3.72. The molecule has 1 aromatic carbocycles. The van der Waals surface area contributed by atoms with Gasteiger partial charge in [0.05, 0.1) is 17.4 Å². The Balaban J connectivity index is 1.47. The minimum absolute atomic E-state index is 0.0713. The fourth-order valence-electron chi connectivity index (χ4n) is 3.32. The van der Waals surface area contributed by atoms with Crippen LogP contribution in [0.25, 0.3) is 11.0 Å². The average Bonchev–Trinajstić information content (AvgIpc) is 3.21. The maximum atomic E-state index is 12.6. The number of carbonyl (C=O) groups excluding carboxylic acids is 1. The van der Waals surface area contributed by atoms with Gasteiger partial charge in [-0.15, -0.1) is 0 Å². The molecule has 1 amide bonds. The number of nitrogens with one attached hydrogen (secondary N) is 1. The number of rotatable bonds is 3. The lowest BCUT2D eigenvalue weighted by Crippen LogP contribution is -2.47. The molecule has 1 unspecified atom stereocenters. The molecule has 1 fully saturated rings. The number of hydrogen-bond acceptors (Lipinski definition) is 4. The summed E-state index contributed by atoms with van der Waals surface area (Å²) in [5, 5.41) is 8.24. The highest BCUT2D eigenvalue weighted by Gasteiger charge is 2.24. The number of furan rings is 1. The van der Waals surface area contributed by atoms with Crippen molar-refractivity contribution in [3.8, 4) is 0 Å². The van der Waals surface area contributed by atoms with Crippen molar-refractivity contribution >= 4 is 22.6 Å². The molecule has 3 heterocycles. The summed E-state index contributed by atoms with van der Waals surface area (Å²) in [7, 11) is 1.91. The molecule has 124 valence electrons. The molecule has 1 N–H and O–H groups in total.